The highest BCUT2D eigenvalue weighted by atomic mass is 16.5. The SMILES string of the molecule is COc1cccc(CN(C)C2CCCNCC2)c1OC. The summed E-state index contributed by atoms with van der Waals surface area (Å²) >= 11 is 0. The highest BCUT2D eigenvalue weighted by Gasteiger charge is 2.19. The van der Waals surface area contributed by atoms with Crippen LogP contribution in [0, 0.1) is 0 Å². The van der Waals surface area contributed by atoms with E-state index < -0.39 is 0 Å². The van der Waals surface area contributed by atoms with E-state index in [4.69, 9.17) is 9.47 Å². The van der Waals surface area contributed by atoms with Crippen molar-refractivity contribution in [2.24, 2.45) is 0 Å². The first-order valence-electron chi connectivity index (χ1n) is 7.37. The molecular weight excluding hydrogens is 252 g/mol. The summed E-state index contributed by atoms with van der Waals surface area (Å²) in [5, 5.41) is 3.47. The van der Waals surface area contributed by atoms with E-state index in [1.807, 2.05) is 12.1 Å². The number of rotatable bonds is 5. The highest BCUT2D eigenvalue weighted by molar-refractivity contribution is 5.46. The zero-order chi connectivity index (χ0) is 14.4. The summed E-state index contributed by atoms with van der Waals surface area (Å²) in [5.74, 6) is 1.66. The van der Waals surface area contributed by atoms with Crippen LogP contribution in [0.4, 0.5) is 0 Å². The lowest BCUT2D eigenvalue weighted by atomic mass is 10.1. The quantitative estimate of drug-likeness (QED) is 0.896. The van der Waals surface area contributed by atoms with Crippen molar-refractivity contribution in [1.82, 2.24) is 10.2 Å². The van der Waals surface area contributed by atoms with Gasteiger partial charge in [-0.05, 0) is 45.5 Å². The minimum absolute atomic E-state index is 0.640. The Labute approximate surface area is 122 Å². The Morgan fingerprint density at radius 2 is 2.05 bits per heavy atom. The Morgan fingerprint density at radius 3 is 2.80 bits per heavy atom. The van der Waals surface area contributed by atoms with Gasteiger partial charge in [0, 0.05) is 18.2 Å². The molecule has 1 saturated heterocycles. The fraction of sp³-hybridized carbons (Fsp3) is 0.625. The van der Waals surface area contributed by atoms with Crippen LogP contribution >= 0.6 is 0 Å². The Balaban J connectivity index is 2.08. The largest absolute Gasteiger partial charge is 0.493 e. The first-order chi connectivity index (χ1) is 9.76. The summed E-state index contributed by atoms with van der Waals surface area (Å²) in [4.78, 5) is 2.43. The lowest BCUT2D eigenvalue weighted by Crippen LogP contribution is -2.32. The molecule has 1 aliphatic rings. The molecule has 1 aromatic carbocycles. The number of hydrogen-bond acceptors (Lipinski definition) is 4. The van der Waals surface area contributed by atoms with Gasteiger partial charge in [0.2, 0.25) is 0 Å². The lowest BCUT2D eigenvalue weighted by Gasteiger charge is -2.27. The number of benzene rings is 1. The molecule has 0 bridgehead atoms. The second kappa shape index (κ2) is 7.50. The Kier molecular flexibility index (Phi) is 5.68. The molecule has 0 radical (unpaired) electrons. The fourth-order valence-electron chi connectivity index (χ4n) is 2.92. The van der Waals surface area contributed by atoms with Gasteiger partial charge in [0.1, 0.15) is 0 Å². The van der Waals surface area contributed by atoms with Crippen molar-refractivity contribution in [1.29, 1.82) is 0 Å². The molecule has 112 valence electrons. The van der Waals surface area contributed by atoms with Crippen LogP contribution in [0.15, 0.2) is 18.2 Å². The smallest absolute Gasteiger partial charge is 0.165 e. The van der Waals surface area contributed by atoms with Gasteiger partial charge in [0.15, 0.2) is 11.5 Å². The van der Waals surface area contributed by atoms with Crippen molar-refractivity contribution in [2.45, 2.75) is 31.8 Å². The molecule has 0 spiro atoms. The van der Waals surface area contributed by atoms with E-state index in [1.165, 1.54) is 24.8 Å². The maximum Gasteiger partial charge on any atom is 0.165 e. The average Bonchev–Trinajstić information content (AvgIpc) is 2.76. The number of nitrogens with one attached hydrogen (secondary N) is 1. The van der Waals surface area contributed by atoms with Crippen molar-refractivity contribution in [3.05, 3.63) is 23.8 Å². The summed E-state index contributed by atoms with van der Waals surface area (Å²) in [6, 6.07) is 6.73. The number of hydrogen-bond donors (Lipinski definition) is 1. The van der Waals surface area contributed by atoms with Crippen LogP contribution in [0.2, 0.25) is 0 Å². The predicted octanol–water partition coefficient (Wildman–Crippen LogP) is 2.28. The standard InChI is InChI=1S/C16H26N2O2/c1-18(14-7-5-10-17-11-9-14)12-13-6-4-8-15(19-2)16(13)20-3/h4,6,8,14,17H,5,7,9-12H2,1-3H3. The van der Waals surface area contributed by atoms with E-state index in [1.54, 1.807) is 14.2 Å². The lowest BCUT2D eigenvalue weighted by molar-refractivity contribution is 0.213. The molecule has 1 fully saturated rings. The molecule has 4 heteroatoms. The van der Waals surface area contributed by atoms with E-state index in [-0.39, 0.29) is 0 Å². The van der Waals surface area contributed by atoms with Gasteiger partial charge in [-0.15, -0.1) is 0 Å². The van der Waals surface area contributed by atoms with Gasteiger partial charge < -0.3 is 14.8 Å². The number of nitrogens with zero attached hydrogens (tertiary/aromatic N) is 1. The molecule has 1 N–H and O–H groups in total. The minimum atomic E-state index is 0.640. The average molecular weight is 278 g/mol. The summed E-state index contributed by atoms with van der Waals surface area (Å²) in [7, 11) is 5.59. The number of methoxy groups -OCH3 is 2. The van der Waals surface area contributed by atoms with Crippen molar-refractivity contribution in [3.8, 4) is 11.5 Å². The zero-order valence-electron chi connectivity index (χ0n) is 12.8. The van der Waals surface area contributed by atoms with Crippen molar-refractivity contribution in [2.75, 3.05) is 34.4 Å². The fourth-order valence-corrected chi connectivity index (χ4v) is 2.92. The number of ether oxygens (including phenoxy) is 2. The molecule has 0 saturated carbocycles. The van der Waals surface area contributed by atoms with Crippen LogP contribution in [0.25, 0.3) is 0 Å². The molecule has 2 rings (SSSR count). The molecular formula is C16H26N2O2. The van der Waals surface area contributed by atoms with E-state index in [2.05, 4.69) is 23.3 Å². The minimum Gasteiger partial charge on any atom is -0.493 e. The molecule has 1 aromatic rings. The Hall–Kier alpha value is -1.26. The topological polar surface area (TPSA) is 33.7 Å². The molecule has 0 aromatic heterocycles. The second-order valence-corrected chi connectivity index (χ2v) is 5.40. The van der Waals surface area contributed by atoms with E-state index in [9.17, 15) is 0 Å². The molecule has 1 unspecified atom stereocenters. The molecule has 1 heterocycles. The van der Waals surface area contributed by atoms with Gasteiger partial charge >= 0.3 is 0 Å². The molecule has 0 amide bonds. The van der Waals surface area contributed by atoms with Crippen LogP contribution in [0.1, 0.15) is 24.8 Å². The Morgan fingerprint density at radius 1 is 1.20 bits per heavy atom. The summed E-state index contributed by atoms with van der Waals surface area (Å²) in [6.07, 6.45) is 3.73. The van der Waals surface area contributed by atoms with Crippen molar-refractivity contribution in [3.63, 3.8) is 0 Å². The maximum absolute atomic E-state index is 5.52. The van der Waals surface area contributed by atoms with Gasteiger partial charge in [0.05, 0.1) is 14.2 Å². The first kappa shape index (κ1) is 15.1. The van der Waals surface area contributed by atoms with Crippen molar-refractivity contribution >= 4 is 0 Å². The van der Waals surface area contributed by atoms with Gasteiger partial charge in [0.25, 0.3) is 0 Å². The van der Waals surface area contributed by atoms with E-state index in [0.717, 1.165) is 31.1 Å². The van der Waals surface area contributed by atoms with Crippen LogP contribution < -0.4 is 14.8 Å². The van der Waals surface area contributed by atoms with E-state index in [0.29, 0.717) is 6.04 Å². The monoisotopic (exact) mass is 278 g/mol. The first-order valence-corrected chi connectivity index (χ1v) is 7.37. The number of para-hydroxylation sites is 1. The summed E-state index contributed by atoms with van der Waals surface area (Å²) < 4.78 is 10.9. The van der Waals surface area contributed by atoms with Crippen molar-refractivity contribution < 1.29 is 9.47 Å². The maximum atomic E-state index is 5.52. The summed E-state index contributed by atoms with van der Waals surface area (Å²) in [6.45, 7) is 3.15. The molecule has 4 nitrogen and oxygen atoms in total. The second-order valence-electron chi connectivity index (χ2n) is 5.40. The molecule has 0 aliphatic carbocycles. The summed E-state index contributed by atoms with van der Waals surface area (Å²) in [5.41, 5.74) is 1.19. The third-order valence-corrected chi connectivity index (χ3v) is 4.07. The van der Waals surface area contributed by atoms with Crippen LogP contribution in [0.5, 0.6) is 11.5 Å². The van der Waals surface area contributed by atoms with Crippen LogP contribution in [-0.4, -0.2) is 45.3 Å². The van der Waals surface area contributed by atoms with Gasteiger partial charge in [-0.2, -0.15) is 0 Å². The van der Waals surface area contributed by atoms with Crippen LogP contribution in [-0.2, 0) is 6.54 Å². The molecule has 1 atom stereocenters. The third kappa shape index (κ3) is 3.64. The highest BCUT2D eigenvalue weighted by Crippen LogP contribution is 2.32. The normalized spacial score (nSPS) is 19.7. The van der Waals surface area contributed by atoms with Gasteiger partial charge in [-0.25, -0.2) is 0 Å². The zero-order valence-corrected chi connectivity index (χ0v) is 12.8. The Bertz CT molecular complexity index is 415. The third-order valence-electron chi connectivity index (χ3n) is 4.07. The van der Waals surface area contributed by atoms with Gasteiger partial charge in [-0.3, -0.25) is 4.90 Å². The van der Waals surface area contributed by atoms with Gasteiger partial charge in [-0.1, -0.05) is 12.1 Å². The predicted molar refractivity (Wildman–Crippen MR) is 81.5 cm³/mol. The molecule has 20 heavy (non-hydrogen) atoms. The van der Waals surface area contributed by atoms with E-state index >= 15 is 0 Å². The van der Waals surface area contributed by atoms with Crippen LogP contribution in [0.3, 0.4) is 0 Å². The molecule has 1 aliphatic heterocycles.